The monoisotopic (exact) mass is 268 g/mol. The SMILES string of the molecule is CCC1CCCN1C(=O)c1ccc(-n2cccc2)cc1. The van der Waals surface area contributed by atoms with Crippen LogP contribution in [-0.2, 0) is 0 Å². The van der Waals surface area contributed by atoms with E-state index in [-0.39, 0.29) is 5.91 Å². The van der Waals surface area contributed by atoms with Crippen LogP contribution >= 0.6 is 0 Å². The van der Waals surface area contributed by atoms with Gasteiger partial charge in [-0.1, -0.05) is 6.92 Å². The molecule has 0 spiro atoms. The van der Waals surface area contributed by atoms with Gasteiger partial charge in [-0.15, -0.1) is 0 Å². The Morgan fingerprint density at radius 1 is 1.20 bits per heavy atom. The normalized spacial score (nSPS) is 18.4. The number of hydrogen-bond donors (Lipinski definition) is 0. The van der Waals surface area contributed by atoms with Crippen LogP contribution in [0.1, 0.15) is 36.5 Å². The minimum absolute atomic E-state index is 0.174. The molecule has 0 bridgehead atoms. The summed E-state index contributed by atoms with van der Waals surface area (Å²) in [5.41, 5.74) is 1.88. The molecule has 3 rings (SSSR count). The van der Waals surface area contributed by atoms with Gasteiger partial charge in [0.2, 0.25) is 0 Å². The van der Waals surface area contributed by atoms with Crippen molar-refractivity contribution < 1.29 is 4.79 Å². The molecule has 1 saturated heterocycles. The zero-order valence-electron chi connectivity index (χ0n) is 11.8. The van der Waals surface area contributed by atoms with Gasteiger partial charge in [0.05, 0.1) is 0 Å². The quantitative estimate of drug-likeness (QED) is 0.836. The summed E-state index contributed by atoms with van der Waals surface area (Å²) in [6.07, 6.45) is 7.33. The highest BCUT2D eigenvalue weighted by Crippen LogP contribution is 2.22. The van der Waals surface area contributed by atoms with E-state index in [9.17, 15) is 4.79 Å². The average molecular weight is 268 g/mol. The second-order valence-electron chi connectivity index (χ2n) is 5.34. The number of carbonyl (C=O) groups excluding carboxylic acids is 1. The maximum Gasteiger partial charge on any atom is 0.254 e. The molecule has 3 heteroatoms. The van der Waals surface area contributed by atoms with Gasteiger partial charge in [-0.25, -0.2) is 0 Å². The van der Waals surface area contributed by atoms with Crippen LogP contribution in [0.2, 0.25) is 0 Å². The zero-order chi connectivity index (χ0) is 13.9. The molecule has 1 amide bonds. The number of amides is 1. The first-order valence-corrected chi connectivity index (χ1v) is 7.34. The first-order valence-electron chi connectivity index (χ1n) is 7.34. The fourth-order valence-electron chi connectivity index (χ4n) is 2.98. The Bertz CT molecular complexity index is 572. The molecule has 2 aromatic rings. The molecule has 0 saturated carbocycles. The number of likely N-dealkylation sites (tertiary alicyclic amines) is 1. The summed E-state index contributed by atoms with van der Waals surface area (Å²) in [6, 6.07) is 12.3. The standard InChI is InChI=1S/C17H20N2O/c1-2-15-6-5-13-19(15)17(20)14-7-9-16(10-8-14)18-11-3-4-12-18/h3-4,7-12,15H,2,5-6,13H2,1H3. The lowest BCUT2D eigenvalue weighted by molar-refractivity contribution is 0.0733. The van der Waals surface area contributed by atoms with Crippen molar-refractivity contribution in [3.8, 4) is 5.69 Å². The van der Waals surface area contributed by atoms with Gasteiger partial charge >= 0.3 is 0 Å². The fourth-order valence-corrected chi connectivity index (χ4v) is 2.98. The number of carbonyl (C=O) groups is 1. The van der Waals surface area contributed by atoms with Crippen LogP contribution in [0.15, 0.2) is 48.8 Å². The third-order valence-corrected chi connectivity index (χ3v) is 4.13. The van der Waals surface area contributed by atoms with E-state index in [2.05, 4.69) is 6.92 Å². The molecule has 1 aromatic carbocycles. The van der Waals surface area contributed by atoms with Gasteiger partial charge in [0, 0.05) is 36.2 Å². The van der Waals surface area contributed by atoms with Gasteiger partial charge in [-0.3, -0.25) is 4.79 Å². The molecule has 104 valence electrons. The molecule has 1 aliphatic heterocycles. The molecule has 1 atom stereocenters. The minimum atomic E-state index is 0.174. The second kappa shape index (κ2) is 5.53. The van der Waals surface area contributed by atoms with Crippen molar-refractivity contribution in [2.75, 3.05) is 6.54 Å². The van der Waals surface area contributed by atoms with Gasteiger partial charge in [0.25, 0.3) is 5.91 Å². The van der Waals surface area contributed by atoms with Gasteiger partial charge in [0.15, 0.2) is 0 Å². The van der Waals surface area contributed by atoms with Crippen molar-refractivity contribution in [2.45, 2.75) is 32.2 Å². The Morgan fingerprint density at radius 2 is 1.90 bits per heavy atom. The van der Waals surface area contributed by atoms with Crippen LogP contribution < -0.4 is 0 Å². The fraction of sp³-hybridized carbons (Fsp3) is 0.353. The highest BCUT2D eigenvalue weighted by molar-refractivity contribution is 5.94. The van der Waals surface area contributed by atoms with Crippen LogP contribution in [-0.4, -0.2) is 28.0 Å². The smallest absolute Gasteiger partial charge is 0.254 e. The van der Waals surface area contributed by atoms with Gasteiger partial charge in [0.1, 0.15) is 0 Å². The van der Waals surface area contributed by atoms with E-state index >= 15 is 0 Å². The summed E-state index contributed by atoms with van der Waals surface area (Å²) in [7, 11) is 0. The molecule has 20 heavy (non-hydrogen) atoms. The van der Waals surface area contributed by atoms with E-state index in [1.807, 2.05) is 58.3 Å². The lowest BCUT2D eigenvalue weighted by atomic mass is 10.1. The molecule has 1 unspecified atom stereocenters. The predicted molar refractivity (Wildman–Crippen MR) is 80.1 cm³/mol. The van der Waals surface area contributed by atoms with E-state index in [4.69, 9.17) is 0 Å². The molecular weight excluding hydrogens is 248 g/mol. The van der Waals surface area contributed by atoms with Crippen LogP contribution in [0.25, 0.3) is 5.69 Å². The van der Waals surface area contributed by atoms with Crippen LogP contribution in [0.5, 0.6) is 0 Å². The first-order chi connectivity index (χ1) is 9.79. The van der Waals surface area contributed by atoms with E-state index in [0.717, 1.165) is 37.1 Å². The molecule has 0 aliphatic carbocycles. The summed E-state index contributed by atoms with van der Waals surface area (Å²) >= 11 is 0. The van der Waals surface area contributed by atoms with Crippen molar-refractivity contribution in [1.82, 2.24) is 9.47 Å². The number of aromatic nitrogens is 1. The molecule has 0 radical (unpaired) electrons. The van der Waals surface area contributed by atoms with E-state index in [1.165, 1.54) is 0 Å². The maximum atomic E-state index is 12.5. The predicted octanol–water partition coefficient (Wildman–Crippen LogP) is 3.49. The number of benzene rings is 1. The molecule has 1 aliphatic rings. The van der Waals surface area contributed by atoms with Crippen molar-refractivity contribution in [1.29, 1.82) is 0 Å². The molecular formula is C17H20N2O. The maximum absolute atomic E-state index is 12.5. The summed E-state index contributed by atoms with van der Waals surface area (Å²) in [5.74, 6) is 0.174. The van der Waals surface area contributed by atoms with Gasteiger partial charge in [-0.05, 0) is 55.7 Å². The van der Waals surface area contributed by atoms with Crippen LogP contribution in [0, 0.1) is 0 Å². The third-order valence-electron chi connectivity index (χ3n) is 4.13. The van der Waals surface area contributed by atoms with Crippen molar-refractivity contribution >= 4 is 5.91 Å². The Morgan fingerprint density at radius 3 is 2.55 bits per heavy atom. The molecule has 1 fully saturated rings. The molecule has 3 nitrogen and oxygen atoms in total. The zero-order valence-corrected chi connectivity index (χ0v) is 11.8. The summed E-state index contributed by atoms with van der Waals surface area (Å²) in [4.78, 5) is 14.6. The number of nitrogens with zero attached hydrogens (tertiary/aromatic N) is 2. The highest BCUT2D eigenvalue weighted by atomic mass is 16.2. The summed E-state index contributed by atoms with van der Waals surface area (Å²) in [5, 5.41) is 0. The Labute approximate surface area is 119 Å². The van der Waals surface area contributed by atoms with E-state index in [1.54, 1.807) is 0 Å². The Hall–Kier alpha value is -2.03. The molecule has 1 aromatic heterocycles. The Balaban J connectivity index is 1.79. The molecule has 2 heterocycles. The van der Waals surface area contributed by atoms with E-state index < -0.39 is 0 Å². The van der Waals surface area contributed by atoms with Gasteiger partial charge in [-0.2, -0.15) is 0 Å². The van der Waals surface area contributed by atoms with Crippen molar-refractivity contribution in [3.05, 3.63) is 54.4 Å². The number of hydrogen-bond acceptors (Lipinski definition) is 1. The first kappa shape index (κ1) is 13.0. The summed E-state index contributed by atoms with van der Waals surface area (Å²) < 4.78 is 2.04. The summed E-state index contributed by atoms with van der Waals surface area (Å²) in [6.45, 7) is 3.06. The van der Waals surface area contributed by atoms with Crippen molar-refractivity contribution in [2.24, 2.45) is 0 Å². The average Bonchev–Trinajstić information content (AvgIpc) is 3.17. The number of rotatable bonds is 3. The minimum Gasteiger partial charge on any atom is -0.336 e. The largest absolute Gasteiger partial charge is 0.336 e. The van der Waals surface area contributed by atoms with Crippen LogP contribution in [0.3, 0.4) is 0 Å². The van der Waals surface area contributed by atoms with Crippen molar-refractivity contribution in [3.63, 3.8) is 0 Å². The topological polar surface area (TPSA) is 25.2 Å². The van der Waals surface area contributed by atoms with E-state index in [0.29, 0.717) is 6.04 Å². The molecule has 0 N–H and O–H groups in total. The highest BCUT2D eigenvalue weighted by Gasteiger charge is 2.27. The third kappa shape index (κ3) is 2.36. The van der Waals surface area contributed by atoms with Crippen LogP contribution in [0.4, 0.5) is 0 Å². The lowest BCUT2D eigenvalue weighted by Gasteiger charge is -2.23. The van der Waals surface area contributed by atoms with Gasteiger partial charge < -0.3 is 9.47 Å². The second-order valence-corrected chi connectivity index (χ2v) is 5.34. The lowest BCUT2D eigenvalue weighted by Crippen LogP contribution is -2.35. The Kier molecular flexibility index (Phi) is 3.59.